The fourth-order valence-electron chi connectivity index (χ4n) is 4.97. The fourth-order valence-corrected chi connectivity index (χ4v) is 4.97. The number of hydrogen-bond acceptors (Lipinski definition) is 3. The van der Waals surface area contributed by atoms with E-state index in [4.69, 9.17) is 0 Å². The van der Waals surface area contributed by atoms with E-state index in [-0.39, 0.29) is 36.2 Å². The summed E-state index contributed by atoms with van der Waals surface area (Å²) in [7, 11) is 0. The van der Waals surface area contributed by atoms with Crippen molar-refractivity contribution in [2.45, 2.75) is 89.6 Å². The lowest BCUT2D eigenvalue weighted by molar-refractivity contribution is -0.127. The lowest BCUT2D eigenvalue weighted by atomic mass is 9.84. The van der Waals surface area contributed by atoms with Gasteiger partial charge in [-0.1, -0.05) is 26.2 Å². The Morgan fingerprint density at radius 2 is 1.63 bits per heavy atom. The molecule has 156 valence electrons. The lowest BCUT2D eigenvalue weighted by Gasteiger charge is -2.33. The summed E-state index contributed by atoms with van der Waals surface area (Å²) in [6, 6.07) is 0.588. The highest BCUT2D eigenvalue weighted by atomic mass is 35.5. The van der Waals surface area contributed by atoms with Crippen LogP contribution in [0.5, 0.6) is 0 Å². The minimum Gasteiger partial charge on any atom is -0.353 e. The number of nitrogens with one attached hydrogen (secondary N) is 3. The molecule has 27 heavy (non-hydrogen) atoms. The van der Waals surface area contributed by atoms with Crippen LogP contribution in [0, 0.1) is 17.8 Å². The zero-order chi connectivity index (χ0) is 18.4. The van der Waals surface area contributed by atoms with E-state index in [1.54, 1.807) is 0 Å². The van der Waals surface area contributed by atoms with Crippen LogP contribution in [-0.4, -0.2) is 37.0 Å². The van der Waals surface area contributed by atoms with Gasteiger partial charge in [0.15, 0.2) is 0 Å². The average molecular weight is 400 g/mol. The molecule has 2 atom stereocenters. The van der Waals surface area contributed by atoms with Crippen LogP contribution in [-0.2, 0) is 9.59 Å². The first-order chi connectivity index (χ1) is 12.6. The summed E-state index contributed by atoms with van der Waals surface area (Å²) in [6.07, 6.45) is 11.8. The summed E-state index contributed by atoms with van der Waals surface area (Å²) in [5.74, 6) is 1.69. The Balaban J connectivity index is 0.00000261. The number of hydrogen-bond donors (Lipinski definition) is 3. The van der Waals surface area contributed by atoms with Crippen LogP contribution in [0.2, 0.25) is 0 Å². The molecule has 3 aliphatic rings. The van der Waals surface area contributed by atoms with Gasteiger partial charge in [-0.05, 0) is 69.9 Å². The molecular weight excluding hydrogens is 362 g/mol. The second kappa shape index (κ2) is 11.3. The van der Waals surface area contributed by atoms with E-state index in [2.05, 4.69) is 22.9 Å². The van der Waals surface area contributed by atoms with E-state index < -0.39 is 0 Å². The Hall–Kier alpha value is -0.810. The maximum Gasteiger partial charge on any atom is 0.223 e. The zero-order valence-corrected chi connectivity index (χ0v) is 17.6. The molecule has 0 aromatic heterocycles. The standard InChI is InChI=1S/C21H37N3O2.ClH/c1-15-14-22-12-11-19(15)24-21(26)17-7-9-18(10-8-17)23-20(25)13-16-5-3-2-4-6-16;/h15-19,22H,2-14H2,1H3,(H,23,25)(H,24,26);1H. The molecule has 0 aromatic rings. The molecule has 3 fully saturated rings. The molecule has 3 N–H and O–H groups in total. The molecule has 2 unspecified atom stereocenters. The van der Waals surface area contributed by atoms with Crippen molar-refractivity contribution in [2.75, 3.05) is 13.1 Å². The molecule has 1 heterocycles. The predicted octanol–water partition coefficient (Wildman–Crippen LogP) is 3.17. The molecule has 0 spiro atoms. The van der Waals surface area contributed by atoms with Crippen molar-refractivity contribution in [3.63, 3.8) is 0 Å². The van der Waals surface area contributed by atoms with Crippen LogP contribution < -0.4 is 16.0 Å². The van der Waals surface area contributed by atoms with Crippen LogP contribution in [0.15, 0.2) is 0 Å². The summed E-state index contributed by atoms with van der Waals surface area (Å²) in [4.78, 5) is 24.9. The largest absolute Gasteiger partial charge is 0.353 e. The normalized spacial score (nSPS) is 32.2. The highest BCUT2D eigenvalue weighted by Gasteiger charge is 2.30. The maximum absolute atomic E-state index is 12.6. The number of piperidine rings is 1. The third kappa shape index (κ3) is 6.94. The van der Waals surface area contributed by atoms with Gasteiger partial charge in [0.25, 0.3) is 0 Å². The van der Waals surface area contributed by atoms with Gasteiger partial charge in [-0.2, -0.15) is 0 Å². The first-order valence-corrected chi connectivity index (χ1v) is 10.9. The van der Waals surface area contributed by atoms with Crippen molar-refractivity contribution >= 4 is 24.2 Å². The minimum atomic E-state index is 0. The van der Waals surface area contributed by atoms with Gasteiger partial charge < -0.3 is 16.0 Å². The summed E-state index contributed by atoms with van der Waals surface area (Å²) in [5, 5.41) is 9.90. The third-order valence-electron chi connectivity index (χ3n) is 6.77. The van der Waals surface area contributed by atoms with Crippen LogP contribution in [0.4, 0.5) is 0 Å². The first-order valence-electron chi connectivity index (χ1n) is 10.9. The van der Waals surface area contributed by atoms with Crippen molar-refractivity contribution < 1.29 is 9.59 Å². The molecule has 2 saturated carbocycles. The number of carbonyl (C=O) groups excluding carboxylic acids is 2. The molecule has 2 amide bonds. The minimum absolute atomic E-state index is 0. The summed E-state index contributed by atoms with van der Waals surface area (Å²) in [6.45, 7) is 4.19. The van der Waals surface area contributed by atoms with E-state index in [1.165, 1.54) is 32.1 Å². The van der Waals surface area contributed by atoms with Gasteiger partial charge in [0.2, 0.25) is 11.8 Å². The molecule has 6 heteroatoms. The van der Waals surface area contributed by atoms with Gasteiger partial charge in [-0.15, -0.1) is 12.4 Å². The third-order valence-corrected chi connectivity index (χ3v) is 6.77. The van der Waals surface area contributed by atoms with E-state index in [1.807, 2.05) is 0 Å². The van der Waals surface area contributed by atoms with Crippen molar-refractivity contribution in [1.82, 2.24) is 16.0 Å². The van der Waals surface area contributed by atoms with Gasteiger partial charge in [-0.3, -0.25) is 9.59 Å². The highest BCUT2D eigenvalue weighted by molar-refractivity contribution is 5.85. The quantitative estimate of drug-likeness (QED) is 0.665. The molecule has 2 aliphatic carbocycles. The first kappa shape index (κ1) is 22.5. The van der Waals surface area contributed by atoms with E-state index in [0.717, 1.165) is 45.2 Å². The zero-order valence-electron chi connectivity index (χ0n) is 16.8. The second-order valence-electron chi connectivity index (χ2n) is 8.91. The number of amides is 2. The smallest absolute Gasteiger partial charge is 0.223 e. The maximum atomic E-state index is 12.6. The highest BCUT2D eigenvalue weighted by Crippen LogP contribution is 2.28. The number of halogens is 1. The number of rotatable bonds is 5. The Morgan fingerprint density at radius 3 is 2.30 bits per heavy atom. The average Bonchev–Trinajstić information content (AvgIpc) is 2.65. The van der Waals surface area contributed by atoms with Crippen LogP contribution in [0.1, 0.15) is 77.6 Å². The molecule has 1 saturated heterocycles. The van der Waals surface area contributed by atoms with Crippen LogP contribution in [0.3, 0.4) is 0 Å². The van der Waals surface area contributed by atoms with E-state index >= 15 is 0 Å². The van der Waals surface area contributed by atoms with Crippen molar-refractivity contribution in [3.8, 4) is 0 Å². The van der Waals surface area contributed by atoms with Gasteiger partial charge in [0, 0.05) is 24.4 Å². The number of carbonyl (C=O) groups is 2. The molecule has 5 nitrogen and oxygen atoms in total. The Bertz CT molecular complexity index is 474. The van der Waals surface area contributed by atoms with Crippen LogP contribution >= 0.6 is 12.4 Å². The predicted molar refractivity (Wildman–Crippen MR) is 111 cm³/mol. The topological polar surface area (TPSA) is 70.2 Å². The Labute approximate surface area is 170 Å². The van der Waals surface area contributed by atoms with Crippen molar-refractivity contribution in [3.05, 3.63) is 0 Å². The second-order valence-corrected chi connectivity index (χ2v) is 8.91. The molecular formula is C21H38ClN3O2. The molecule has 3 rings (SSSR count). The fraction of sp³-hybridized carbons (Fsp3) is 0.905. The summed E-state index contributed by atoms with van der Waals surface area (Å²) < 4.78 is 0. The molecule has 0 aromatic carbocycles. The Kier molecular flexibility index (Phi) is 9.37. The van der Waals surface area contributed by atoms with E-state index in [0.29, 0.717) is 24.3 Å². The lowest BCUT2D eigenvalue weighted by Crippen LogP contribution is -2.50. The van der Waals surface area contributed by atoms with Gasteiger partial charge in [-0.25, -0.2) is 0 Å². The van der Waals surface area contributed by atoms with E-state index in [9.17, 15) is 9.59 Å². The SMILES string of the molecule is CC1CNCCC1NC(=O)C1CCC(NC(=O)CC2CCCCC2)CC1.Cl. The molecule has 1 aliphatic heterocycles. The van der Waals surface area contributed by atoms with Gasteiger partial charge in [0.1, 0.15) is 0 Å². The molecule has 0 radical (unpaired) electrons. The monoisotopic (exact) mass is 399 g/mol. The summed E-state index contributed by atoms with van der Waals surface area (Å²) in [5.41, 5.74) is 0. The van der Waals surface area contributed by atoms with Gasteiger partial charge >= 0.3 is 0 Å². The van der Waals surface area contributed by atoms with Crippen molar-refractivity contribution in [2.24, 2.45) is 17.8 Å². The molecule has 0 bridgehead atoms. The Morgan fingerprint density at radius 1 is 0.926 bits per heavy atom. The summed E-state index contributed by atoms with van der Waals surface area (Å²) >= 11 is 0. The van der Waals surface area contributed by atoms with Crippen molar-refractivity contribution in [1.29, 1.82) is 0 Å². The van der Waals surface area contributed by atoms with Crippen LogP contribution in [0.25, 0.3) is 0 Å². The van der Waals surface area contributed by atoms with Gasteiger partial charge in [0.05, 0.1) is 0 Å².